The fourth-order valence-corrected chi connectivity index (χ4v) is 1.45. The van der Waals surface area contributed by atoms with Gasteiger partial charge in [-0.05, 0) is 42.6 Å². The van der Waals surface area contributed by atoms with Crippen molar-refractivity contribution in [2.24, 2.45) is 0 Å². The van der Waals surface area contributed by atoms with Crippen LogP contribution in [0.3, 0.4) is 0 Å². The van der Waals surface area contributed by atoms with Gasteiger partial charge in [0.15, 0.2) is 5.78 Å². The van der Waals surface area contributed by atoms with Crippen molar-refractivity contribution >= 4 is 5.78 Å². The minimum atomic E-state index is 0.0772. The van der Waals surface area contributed by atoms with E-state index >= 15 is 0 Å². The van der Waals surface area contributed by atoms with Crippen LogP contribution >= 0.6 is 0 Å². The summed E-state index contributed by atoms with van der Waals surface area (Å²) in [6.45, 7) is 9.22. The zero-order valence-corrected chi connectivity index (χ0v) is 7.97. The van der Waals surface area contributed by atoms with Crippen LogP contribution in [0.2, 0.25) is 0 Å². The minimum Gasteiger partial charge on any atom is -0.295 e. The second kappa shape index (κ2) is 4.04. The topological polar surface area (TPSA) is 17.1 Å². The number of carbonyl (C=O) groups excluding carboxylic acids is 1. The molecular weight excluding hydrogens is 160 g/mol. The first kappa shape index (κ1) is 9.72. The molecule has 0 bridgehead atoms. The van der Waals surface area contributed by atoms with Gasteiger partial charge in [0, 0.05) is 0 Å². The van der Waals surface area contributed by atoms with Gasteiger partial charge in [-0.2, -0.15) is 0 Å². The lowest BCUT2D eigenvalue weighted by molar-refractivity contribution is -0.112. The van der Waals surface area contributed by atoms with Crippen molar-refractivity contribution in [1.29, 1.82) is 0 Å². The van der Waals surface area contributed by atoms with Crippen molar-refractivity contribution in [3.8, 4) is 0 Å². The summed E-state index contributed by atoms with van der Waals surface area (Å²) >= 11 is 0. The van der Waals surface area contributed by atoms with Crippen molar-refractivity contribution in [2.45, 2.75) is 19.8 Å². The van der Waals surface area contributed by atoms with E-state index in [-0.39, 0.29) is 5.78 Å². The van der Waals surface area contributed by atoms with Crippen LogP contribution in [-0.4, -0.2) is 5.78 Å². The zero-order chi connectivity index (χ0) is 9.84. The number of hydrogen-bond acceptors (Lipinski definition) is 1. The lowest BCUT2D eigenvalue weighted by Gasteiger charge is -1.96. The SMILES string of the molecule is C=CC1=C(/C=C/C(C)=O)CCC1=C. The normalized spacial score (nSPS) is 17.2. The second-order valence-corrected chi connectivity index (χ2v) is 3.19. The monoisotopic (exact) mass is 174 g/mol. The Kier molecular flexibility index (Phi) is 3.02. The average molecular weight is 174 g/mol. The van der Waals surface area contributed by atoms with Gasteiger partial charge < -0.3 is 0 Å². The zero-order valence-electron chi connectivity index (χ0n) is 7.97. The van der Waals surface area contributed by atoms with E-state index in [0.29, 0.717) is 0 Å². The van der Waals surface area contributed by atoms with Crippen LogP contribution in [0.25, 0.3) is 0 Å². The molecule has 0 spiro atoms. The van der Waals surface area contributed by atoms with E-state index < -0.39 is 0 Å². The molecular formula is C12H14O. The number of ketones is 1. The van der Waals surface area contributed by atoms with Crippen LogP contribution in [0.4, 0.5) is 0 Å². The molecule has 0 atom stereocenters. The summed E-state index contributed by atoms with van der Waals surface area (Å²) < 4.78 is 0. The highest BCUT2D eigenvalue weighted by Gasteiger charge is 2.12. The smallest absolute Gasteiger partial charge is 0.152 e. The highest BCUT2D eigenvalue weighted by Crippen LogP contribution is 2.31. The lowest BCUT2D eigenvalue weighted by Crippen LogP contribution is -1.82. The summed E-state index contributed by atoms with van der Waals surface area (Å²) in [4.78, 5) is 10.7. The Morgan fingerprint density at radius 1 is 1.46 bits per heavy atom. The van der Waals surface area contributed by atoms with Gasteiger partial charge in [-0.25, -0.2) is 0 Å². The maximum atomic E-state index is 10.7. The molecule has 13 heavy (non-hydrogen) atoms. The molecule has 68 valence electrons. The molecule has 1 nitrogen and oxygen atoms in total. The Labute approximate surface area is 79.2 Å². The van der Waals surface area contributed by atoms with Crippen LogP contribution in [0.15, 0.2) is 48.1 Å². The molecule has 0 aromatic heterocycles. The fourth-order valence-electron chi connectivity index (χ4n) is 1.45. The summed E-state index contributed by atoms with van der Waals surface area (Å²) in [5.74, 6) is 0.0772. The van der Waals surface area contributed by atoms with Crippen molar-refractivity contribution in [3.63, 3.8) is 0 Å². The van der Waals surface area contributed by atoms with Crippen LogP contribution in [0.5, 0.6) is 0 Å². The van der Waals surface area contributed by atoms with Crippen molar-refractivity contribution in [3.05, 3.63) is 48.1 Å². The third-order valence-corrected chi connectivity index (χ3v) is 2.15. The second-order valence-electron chi connectivity index (χ2n) is 3.19. The van der Waals surface area contributed by atoms with Crippen LogP contribution in [-0.2, 0) is 4.79 Å². The predicted molar refractivity (Wildman–Crippen MR) is 55.4 cm³/mol. The maximum absolute atomic E-state index is 10.7. The molecule has 0 aliphatic heterocycles. The summed E-state index contributed by atoms with van der Waals surface area (Å²) in [7, 11) is 0. The quantitative estimate of drug-likeness (QED) is 0.601. The third kappa shape index (κ3) is 2.28. The third-order valence-electron chi connectivity index (χ3n) is 2.15. The molecule has 0 amide bonds. The molecule has 0 aromatic carbocycles. The summed E-state index contributed by atoms with van der Waals surface area (Å²) in [6, 6.07) is 0. The van der Waals surface area contributed by atoms with E-state index in [1.54, 1.807) is 13.0 Å². The first-order valence-corrected chi connectivity index (χ1v) is 4.37. The van der Waals surface area contributed by atoms with E-state index in [1.165, 1.54) is 5.57 Å². The Morgan fingerprint density at radius 3 is 2.69 bits per heavy atom. The summed E-state index contributed by atoms with van der Waals surface area (Å²) in [6.07, 6.45) is 7.24. The number of hydrogen-bond donors (Lipinski definition) is 0. The van der Waals surface area contributed by atoms with Gasteiger partial charge in [-0.3, -0.25) is 4.79 Å². The minimum absolute atomic E-state index is 0.0772. The van der Waals surface area contributed by atoms with Gasteiger partial charge in [0.2, 0.25) is 0 Å². The highest BCUT2D eigenvalue weighted by atomic mass is 16.1. The molecule has 0 aromatic rings. The molecule has 1 aliphatic rings. The van der Waals surface area contributed by atoms with E-state index in [2.05, 4.69) is 13.2 Å². The fraction of sp³-hybridized carbons (Fsp3) is 0.250. The molecule has 1 rings (SSSR count). The molecule has 0 saturated heterocycles. The predicted octanol–water partition coefficient (Wildman–Crippen LogP) is 2.96. The van der Waals surface area contributed by atoms with Crippen molar-refractivity contribution < 1.29 is 4.79 Å². The van der Waals surface area contributed by atoms with Crippen LogP contribution < -0.4 is 0 Å². The molecule has 0 radical (unpaired) electrons. The molecule has 0 saturated carbocycles. The van der Waals surface area contributed by atoms with Crippen molar-refractivity contribution in [1.82, 2.24) is 0 Å². The molecule has 0 unspecified atom stereocenters. The van der Waals surface area contributed by atoms with Crippen LogP contribution in [0.1, 0.15) is 19.8 Å². The van der Waals surface area contributed by atoms with Gasteiger partial charge >= 0.3 is 0 Å². The maximum Gasteiger partial charge on any atom is 0.152 e. The van der Waals surface area contributed by atoms with Gasteiger partial charge in [-0.1, -0.05) is 25.3 Å². The first-order chi connectivity index (χ1) is 6.15. The Balaban J connectivity index is 2.90. The number of carbonyl (C=O) groups is 1. The van der Waals surface area contributed by atoms with Crippen molar-refractivity contribution in [2.75, 3.05) is 0 Å². The molecule has 1 aliphatic carbocycles. The van der Waals surface area contributed by atoms with Gasteiger partial charge in [0.25, 0.3) is 0 Å². The molecule has 0 heterocycles. The molecule has 0 N–H and O–H groups in total. The Morgan fingerprint density at radius 2 is 2.15 bits per heavy atom. The largest absolute Gasteiger partial charge is 0.295 e. The Bertz CT molecular complexity index is 316. The van der Waals surface area contributed by atoms with E-state index in [4.69, 9.17) is 0 Å². The number of rotatable bonds is 3. The lowest BCUT2D eigenvalue weighted by atomic mass is 10.1. The average Bonchev–Trinajstić information content (AvgIpc) is 2.42. The van der Waals surface area contributed by atoms with E-state index in [0.717, 1.165) is 24.0 Å². The Hall–Kier alpha value is -1.37. The summed E-state index contributed by atoms with van der Waals surface area (Å²) in [5, 5.41) is 0. The van der Waals surface area contributed by atoms with Gasteiger partial charge in [0.05, 0.1) is 0 Å². The van der Waals surface area contributed by atoms with Crippen LogP contribution in [0, 0.1) is 0 Å². The standard InChI is InChI=1S/C12H14O/c1-4-12-9(2)5-7-11(12)8-6-10(3)13/h4,6,8H,1-2,5,7H2,3H3/b8-6+. The highest BCUT2D eigenvalue weighted by molar-refractivity contribution is 5.87. The van der Waals surface area contributed by atoms with E-state index in [9.17, 15) is 4.79 Å². The number of allylic oxidation sites excluding steroid dienone is 6. The first-order valence-electron chi connectivity index (χ1n) is 4.37. The van der Waals surface area contributed by atoms with Gasteiger partial charge in [0.1, 0.15) is 0 Å². The van der Waals surface area contributed by atoms with E-state index in [1.807, 2.05) is 12.2 Å². The van der Waals surface area contributed by atoms with Gasteiger partial charge in [-0.15, -0.1) is 0 Å². The molecule has 0 fully saturated rings. The molecule has 1 heteroatoms. The summed E-state index contributed by atoms with van der Waals surface area (Å²) in [5.41, 5.74) is 3.41.